The second-order valence-corrected chi connectivity index (χ2v) is 7.00. The molecule has 0 spiro atoms. The summed E-state index contributed by atoms with van der Waals surface area (Å²) in [5, 5.41) is 6.34. The monoisotopic (exact) mass is 375 g/mol. The first-order valence-corrected chi connectivity index (χ1v) is 9.41. The lowest BCUT2D eigenvalue weighted by Crippen LogP contribution is -2.35. The Morgan fingerprint density at radius 2 is 1.93 bits per heavy atom. The standard InChI is InChI=1S/C21H21N5O2/c1-25-20-17(13-23-25)6-5-16-12-22-21(24-19(16)20)28-18-4-2-3-15(11-18)14-26-7-9-27-10-8-26/h2-6,11-13H,7-10,14H2,1H3. The van der Waals surface area contributed by atoms with E-state index in [1.165, 1.54) is 5.56 Å². The van der Waals surface area contributed by atoms with Gasteiger partial charge in [-0.25, -0.2) is 4.98 Å². The molecule has 1 aliphatic rings. The number of ether oxygens (including phenoxy) is 2. The summed E-state index contributed by atoms with van der Waals surface area (Å²) in [5.74, 6) is 0.738. The van der Waals surface area contributed by atoms with Crippen molar-refractivity contribution in [3.63, 3.8) is 0 Å². The maximum atomic E-state index is 5.99. The Hall–Kier alpha value is -3.03. The van der Waals surface area contributed by atoms with Crippen molar-refractivity contribution in [2.24, 2.45) is 7.05 Å². The summed E-state index contributed by atoms with van der Waals surface area (Å²) in [7, 11) is 1.92. The van der Waals surface area contributed by atoms with E-state index in [1.54, 1.807) is 6.20 Å². The SMILES string of the molecule is Cn1ncc2ccc3cnc(Oc4cccc(CN5CCOCC5)c4)nc3c21. The smallest absolute Gasteiger partial charge is 0.322 e. The van der Waals surface area contributed by atoms with Crippen LogP contribution in [0.3, 0.4) is 0 Å². The molecular formula is C21H21N5O2. The number of hydrogen-bond donors (Lipinski definition) is 0. The molecule has 1 fully saturated rings. The molecule has 1 saturated heterocycles. The van der Waals surface area contributed by atoms with Gasteiger partial charge in [0.15, 0.2) is 0 Å². The van der Waals surface area contributed by atoms with E-state index < -0.39 is 0 Å². The molecule has 7 heteroatoms. The molecule has 2 aromatic carbocycles. The van der Waals surface area contributed by atoms with Crippen molar-refractivity contribution in [3.8, 4) is 11.8 Å². The molecule has 0 unspecified atom stereocenters. The van der Waals surface area contributed by atoms with Crippen LogP contribution in [0.15, 0.2) is 48.8 Å². The first-order chi connectivity index (χ1) is 13.8. The van der Waals surface area contributed by atoms with E-state index in [0.717, 1.165) is 60.4 Å². The molecule has 0 saturated carbocycles. The van der Waals surface area contributed by atoms with Gasteiger partial charge in [0.2, 0.25) is 0 Å². The summed E-state index contributed by atoms with van der Waals surface area (Å²) >= 11 is 0. The third-order valence-electron chi connectivity index (χ3n) is 5.05. The number of aromatic nitrogens is 4. The van der Waals surface area contributed by atoms with Gasteiger partial charge in [0.1, 0.15) is 11.3 Å². The Bertz CT molecular complexity index is 1130. The molecule has 0 amide bonds. The summed E-state index contributed by atoms with van der Waals surface area (Å²) in [4.78, 5) is 11.4. The van der Waals surface area contributed by atoms with E-state index in [4.69, 9.17) is 9.47 Å². The molecule has 0 N–H and O–H groups in total. The Labute approximate surface area is 162 Å². The summed E-state index contributed by atoms with van der Waals surface area (Å²) in [6, 6.07) is 12.5. The molecule has 0 radical (unpaired) electrons. The first-order valence-electron chi connectivity index (χ1n) is 9.41. The fraction of sp³-hybridized carbons (Fsp3) is 0.286. The largest absolute Gasteiger partial charge is 0.424 e. The van der Waals surface area contributed by atoms with Gasteiger partial charge in [0.25, 0.3) is 0 Å². The zero-order chi connectivity index (χ0) is 18.9. The lowest BCUT2D eigenvalue weighted by Gasteiger charge is -2.26. The second kappa shape index (κ2) is 7.18. The Morgan fingerprint density at radius 3 is 2.82 bits per heavy atom. The van der Waals surface area contributed by atoms with Crippen LogP contribution in [0.2, 0.25) is 0 Å². The van der Waals surface area contributed by atoms with E-state index in [1.807, 2.05) is 48.3 Å². The van der Waals surface area contributed by atoms with Gasteiger partial charge in [0, 0.05) is 43.7 Å². The van der Waals surface area contributed by atoms with E-state index in [2.05, 4.69) is 26.0 Å². The highest BCUT2D eigenvalue weighted by molar-refractivity contribution is 6.02. The highest BCUT2D eigenvalue weighted by Gasteiger charge is 2.12. The average Bonchev–Trinajstić information content (AvgIpc) is 3.10. The lowest BCUT2D eigenvalue weighted by molar-refractivity contribution is 0.0342. The minimum absolute atomic E-state index is 0.338. The normalized spacial score (nSPS) is 15.3. The molecule has 2 aromatic heterocycles. The molecule has 28 heavy (non-hydrogen) atoms. The average molecular weight is 375 g/mol. The van der Waals surface area contributed by atoms with Crippen LogP contribution in [0.1, 0.15) is 5.56 Å². The van der Waals surface area contributed by atoms with Crippen LogP contribution in [-0.2, 0) is 18.3 Å². The first kappa shape index (κ1) is 17.1. The van der Waals surface area contributed by atoms with Crippen LogP contribution >= 0.6 is 0 Å². The quantitative estimate of drug-likeness (QED) is 0.546. The third-order valence-corrected chi connectivity index (χ3v) is 5.05. The van der Waals surface area contributed by atoms with Gasteiger partial charge in [-0.15, -0.1) is 0 Å². The molecule has 142 valence electrons. The summed E-state index contributed by atoms with van der Waals surface area (Å²) in [6.45, 7) is 4.39. The number of rotatable bonds is 4. The van der Waals surface area contributed by atoms with Gasteiger partial charge in [0.05, 0.1) is 24.9 Å². The zero-order valence-corrected chi connectivity index (χ0v) is 15.7. The van der Waals surface area contributed by atoms with Crippen molar-refractivity contribution in [2.45, 2.75) is 6.54 Å². The predicted molar refractivity (Wildman–Crippen MR) is 106 cm³/mol. The predicted octanol–water partition coefficient (Wildman–Crippen LogP) is 3.14. The van der Waals surface area contributed by atoms with Gasteiger partial charge < -0.3 is 9.47 Å². The summed E-state index contributed by atoms with van der Waals surface area (Å²) in [5.41, 5.74) is 3.02. The molecular weight excluding hydrogens is 354 g/mol. The third kappa shape index (κ3) is 3.30. The number of fused-ring (bicyclic) bond motifs is 3. The van der Waals surface area contributed by atoms with Crippen molar-refractivity contribution < 1.29 is 9.47 Å². The minimum Gasteiger partial charge on any atom is -0.424 e. The van der Waals surface area contributed by atoms with Crippen LogP contribution in [0, 0.1) is 0 Å². The summed E-state index contributed by atoms with van der Waals surface area (Å²) < 4.78 is 13.2. The number of nitrogens with zero attached hydrogens (tertiary/aromatic N) is 5. The van der Waals surface area contributed by atoms with Crippen molar-refractivity contribution in [1.29, 1.82) is 0 Å². The lowest BCUT2D eigenvalue weighted by atomic mass is 10.2. The number of morpholine rings is 1. The number of hydrogen-bond acceptors (Lipinski definition) is 6. The molecule has 1 aliphatic heterocycles. The van der Waals surface area contributed by atoms with Gasteiger partial charge in [-0.1, -0.05) is 24.3 Å². The zero-order valence-electron chi connectivity index (χ0n) is 15.7. The molecule has 7 nitrogen and oxygen atoms in total. The van der Waals surface area contributed by atoms with Crippen LogP contribution in [0.5, 0.6) is 11.8 Å². The van der Waals surface area contributed by atoms with Crippen molar-refractivity contribution in [1.82, 2.24) is 24.6 Å². The highest BCUT2D eigenvalue weighted by Crippen LogP contribution is 2.26. The second-order valence-electron chi connectivity index (χ2n) is 7.00. The van der Waals surface area contributed by atoms with Crippen LogP contribution in [0.25, 0.3) is 21.8 Å². The van der Waals surface area contributed by atoms with Gasteiger partial charge in [-0.05, 0) is 17.7 Å². The van der Waals surface area contributed by atoms with E-state index in [0.29, 0.717) is 6.01 Å². The van der Waals surface area contributed by atoms with E-state index in [-0.39, 0.29) is 0 Å². The van der Waals surface area contributed by atoms with Crippen molar-refractivity contribution in [2.75, 3.05) is 26.3 Å². The number of aryl methyl sites for hydroxylation is 1. The molecule has 5 rings (SSSR count). The van der Waals surface area contributed by atoms with E-state index >= 15 is 0 Å². The maximum absolute atomic E-state index is 5.99. The summed E-state index contributed by atoms with van der Waals surface area (Å²) in [6.07, 6.45) is 3.63. The Kier molecular flexibility index (Phi) is 4.38. The molecule has 4 aromatic rings. The van der Waals surface area contributed by atoms with Crippen molar-refractivity contribution in [3.05, 3.63) is 54.4 Å². The fourth-order valence-electron chi connectivity index (χ4n) is 3.61. The van der Waals surface area contributed by atoms with E-state index in [9.17, 15) is 0 Å². The minimum atomic E-state index is 0.338. The van der Waals surface area contributed by atoms with Crippen molar-refractivity contribution >= 4 is 21.8 Å². The topological polar surface area (TPSA) is 65.3 Å². The Balaban J connectivity index is 1.42. The molecule has 0 aliphatic carbocycles. The number of benzene rings is 2. The van der Waals surface area contributed by atoms with Gasteiger partial charge >= 0.3 is 6.01 Å². The molecule has 0 atom stereocenters. The highest BCUT2D eigenvalue weighted by atomic mass is 16.5. The van der Waals surface area contributed by atoms with Crippen LogP contribution < -0.4 is 4.74 Å². The van der Waals surface area contributed by atoms with Crippen LogP contribution in [0.4, 0.5) is 0 Å². The fourth-order valence-corrected chi connectivity index (χ4v) is 3.61. The van der Waals surface area contributed by atoms with Crippen LogP contribution in [-0.4, -0.2) is 51.0 Å². The Morgan fingerprint density at radius 1 is 1.07 bits per heavy atom. The van der Waals surface area contributed by atoms with Gasteiger partial charge in [-0.2, -0.15) is 10.1 Å². The van der Waals surface area contributed by atoms with Gasteiger partial charge in [-0.3, -0.25) is 9.58 Å². The molecule has 0 bridgehead atoms. The maximum Gasteiger partial charge on any atom is 0.322 e. The molecule has 3 heterocycles.